The van der Waals surface area contributed by atoms with Crippen molar-refractivity contribution in [3.05, 3.63) is 252 Å². The number of hydrogen-bond acceptors (Lipinski definition) is 4. The molecule has 0 spiro atoms. The Balaban J connectivity index is 0.000000553. The van der Waals surface area contributed by atoms with E-state index in [9.17, 15) is 10.2 Å². The van der Waals surface area contributed by atoms with E-state index in [4.69, 9.17) is 9.47 Å². The molecule has 0 unspecified atom stereocenters. The minimum Gasteiger partial charge on any atom is -0.582 e. The van der Waals surface area contributed by atoms with E-state index in [0.29, 0.717) is 24.7 Å². The maximum absolute atomic E-state index is 12.3. The molecule has 0 atom stereocenters. The summed E-state index contributed by atoms with van der Waals surface area (Å²) in [7, 11) is 0. The Morgan fingerprint density at radius 2 is 0.674 bits per heavy atom. The maximum atomic E-state index is 12.3. The van der Waals surface area contributed by atoms with Crippen molar-refractivity contribution in [2.75, 3.05) is 13.2 Å². The smallest absolute Gasteiger partial charge is 0.262 e. The minimum absolute atomic E-state index is 0. The Bertz CT molecular complexity index is 4130. The number of benzene rings is 10. The standard InChI is InChI=1S/C68H70O4S2.2C7H7.Hf/c1-65(2,3)45-27-29-49-43(35-45)33-41-23-25-47(67(7,8)9)37-53(41)59(49)63-61(69)55(39-73-63)51-19-13-15-21-57(51)71-31-17-18-32-72-58-22-16-14-20-52(58)56-40-74-64(62(56)70)60-50-30-28-46(66(4,5)6)36-44(50)34-42-24-26-48(38-54(42)60)68(10,11)12;2*1-7-5-3-2-4-6-7;/h13-16,19-30,33-40,69-70H,17-18,31-32H2,1-12H3;2*2-6H,1H2;/q;2*-1;/p+2. The summed E-state index contributed by atoms with van der Waals surface area (Å²) in [6.07, 6.45) is 1.70. The van der Waals surface area contributed by atoms with Crippen molar-refractivity contribution < 1.29 is 45.5 Å². The first-order chi connectivity index (χ1) is 41.8. The number of para-hydroxylation sites is 2. The monoisotopic (exact) mass is 1380 g/mol. The fourth-order valence-corrected chi connectivity index (χ4v) is 13.4. The summed E-state index contributed by atoms with van der Waals surface area (Å²) in [4.78, 5) is 1.75. The van der Waals surface area contributed by atoms with E-state index in [1.165, 1.54) is 43.8 Å². The average Bonchev–Trinajstić information content (AvgIpc) is 2.52. The molecule has 12 aromatic rings. The second-order valence-corrected chi connectivity index (χ2v) is 29.1. The van der Waals surface area contributed by atoms with Crippen molar-refractivity contribution in [3.8, 4) is 66.1 Å². The zero-order valence-corrected chi connectivity index (χ0v) is 59.2. The van der Waals surface area contributed by atoms with Crippen LogP contribution in [0.15, 0.2) is 205 Å². The van der Waals surface area contributed by atoms with E-state index in [1.807, 2.05) is 84.9 Å². The van der Waals surface area contributed by atoms with Crippen LogP contribution >= 0.6 is 22.7 Å². The molecule has 0 fully saturated rings. The number of aliphatic hydroxyl groups is 2. The Morgan fingerprint density at radius 1 is 0.348 bits per heavy atom. The predicted molar refractivity (Wildman–Crippen MR) is 383 cm³/mol. The van der Waals surface area contributed by atoms with Crippen LogP contribution < -0.4 is 0 Å². The first kappa shape index (κ1) is 65.9. The van der Waals surface area contributed by atoms with E-state index < -0.39 is 0 Å². The summed E-state index contributed by atoms with van der Waals surface area (Å²) in [5.41, 5.74) is 12.8. The van der Waals surface area contributed by atoms with Gasteiger partial charge in [0.2, 0.25) is 0 Å². The van der Waals surface area contributed by atoms with Gasteiger partial charge in [0, 0.05) is 83.8 Å². The number of thiophene rings is 2. The molecule has 0 aliphatic rings. The van der Waals surface area contributed by atoms with Crippen LogP contribution in [0.4, 0.5) is 0 Å². The first-order valence-electron chi connectivity index (χ1n) is 30.8. The third-order valence-electron chi connectivity index (χ3n) is 16.6. The predicted octanol–water partition coefficient (Wildman–Crippen LogP) is 23.4. The van der Waals surface area contributed by atoms with E-state index in [1.54, 1.807) is 22.7 Å². The van der Waals surface area contributed by atoms with Crippen molar-refractivity contribution in [2.45, 2.75) is 118 Å². The molecule has 2 aromatic heterocycles. The molecular weight excluding hydrogens is 1290 g/mol. The molecule has 10 aromatic carbocycles. The molecule has 7 heteroatoms. The molecule has 4 N–H and O–H groups in total. The second kappa shape index (κ2) is 27.3. The fraction of sp³-hybridized carbons (Fsp3) is 0.244. The van der Waals surface area contributed by atoms with E-state index in [0.717, 1.165) is 100 Å². The van der Waals surface area contributed by atoms with Crippen molar-refractivity contribution in [3.63, 3.8) is 0 Å². The Labute approximate surface area is 556 Å². The van der Waals surface area contributed by atoms with Gasteiger partial charge in [-0.05, 0) is 123 Å². The van der Waals surface area contributed by atoms with Gasteiger partial charge in [0.05, 0.1) is 20.9 Å². The molecule has 0 saturated heterocycles. The molecule has 0 aliphatic heterocycles. The summed E-state index contributed by atoms with van der Waals surface area (Å²) in [5.74, 6) is 2.33. The molecule has 89 heavy (non-hydrogen) atoms. The number of fused-ring (bicyclic) bond motifs is 4. The van der Waals surface area contributed by atoms with Gasteiger partial charge >= 0.3 is 0 Å². The number of hydrogen-bond donors (Lipinski definition) is 2. The van der Waals surface area contributed by atoms with Gasteiger partial charge in [-0.1, -0.05) is 180 Å². The van der Waals surface area contributed by atoms with Crippen LogP contribution in [0.1, 0.15) is 129 Å². The molecule has 0 bridgehead atoms. The molecule has 0 amide bonds. The Kier molecular flexibility index (Phi) is 20.2. The SMILES string of the molecule is CC(C)(C)c1ccc2c(-c3scc(-c4ccccc4[OH+]CCCC[OH+]c4ccccc4-c4csc(-c5c6ccc(C(C)(C)C)cc6cc6ccc(C(C)(C)C)cc56)c4O)c3O)c3cc(C(C)(C)C)ccc3cc2c1.[CH2-]c1ccccc1.[CH2-]c1ccccc1.[Hf]. The summed E-state index contributed by atoms with van der Waals surface area (Å²) in [5, 5.41) is 38.1. The van der Waals surface area contributed by atoms with Crippen LogP contribution in [0, 0.1) is 13.8 Å². The maximum Gasteiger partial charge on any atom is 0.262 e. The van der Waals surface area contributed by atoms with Crippen molar-refractivity contribution >= 4 is 65.8 Å². The molecule has 2 heterocycles. The van der Waals surface area contributed by atoms with Crippen molar-refractivity contribution in [2.24, 2.45) is 0 Å². The van der Waals surface area contributed by atoms with E-state index >= 15 is 0 Å². The molecule has 0 aliphatic carbocycles. The third kappa shape index (κ3) is 15.0. The fourth-order valence-electron chi connectivity index (χ4n) is 11.3. The van der Waals surface area contributed by atoms with Crippen LogP contribution in [0.2, 0.25) is 0 Å². The van der Waals surface area contributed by atoms with Gasteiger partial charge in [-0.15, -0.1) is 46.9 Å². The third-order valence-corrected chi connectivity index (χ3v) is 18.5. The van der Waals surface area contributed by atoms with Gasteiger partial charge in [-0.25, -0.2) is 0 Å². The van der Waals surface area contributed by atoms with Crippen molar-refractivity contribution in [1.29, 1.82) is 0 Å². The normalized spacial score (nSPS) is 11.9. The van der Waals surface area contributed by atoms with Gasteiger partial charge in [-0.3, -0.25) is 0 Å². The molecule has 454 valence electrons. The average molecular weight is 1380 g/mol. The Hall–Kier alpha value is -7.55. The summed E-state index contributed by atoms with van der Waals surface area (Å²) in [6.45, 7) is 35.8. The molecule has 4 nitrogen and oxygen atoms in total. The number of rotatable bonds is 11. The minimum atomic E-state index is -0.0265. The summed E-state index contributed by atoms with van der Waals surface area (Å²) < 4.78 is 10.3. The van der Waals surface area contributed by atoms with Gasteiger partial charge in [-0.2, -0.15) is 49.2 Å². The van der Waals surface area contributed by atoms with Gasteiger partial charge < -0.3 is 19.7 Å². The van der Waals surface area contributed by atoms with Gasteiger partial charge in [0.25, 0.3) is 11.5 Å². The molecular formula is C82H86HfO4S2. The van der Waals surface area contributed by atoms with E-state index in [-0.39, 0.29) is 47.5 Å². The zero-order valence-electron chi connectivity index (χ0n) is 54.0. The molecule has 0 radical (unpaired) electrons. The largest absolute Gasteiger partial charge is 0.582 e. The van der Waals surface area contributed by atoms with Crippen LogP contribution in [0.25, 0.3) is 86.2 Å². The number of unbranched alkanes of at least 4 members (excludes halogenated alkanes) is 1. The number of ether oxygens (including phenoxy) is 2. The molecule has 12 rings (SSSR count). The Morgan fingerprint density at radius 3 is 1.01 bits per heavy atom. The second-order valence-electron chi connectivity index (χ2n) is 27.4. The zero-order chi connectivity index (χ0) is 62.7. The van der Waals surface area contributed by atoms with Crippen LogP contribution in [-0.2, 0) is 47.5 Å². The van der Waals surface area contributed by atoms with Gasteiger partial charge in [0.1, 0.15) is 11.5 Å². The van der Waals surface area contributed by atoms with Crippen LogP contribution in [0.5, 0.6) is 23.0 Å². The van der Waals surface area contributed by atoms with Crippen LogP contribution in [-0.4, -0.2) is 32.9 Å². The first-order valence-corrected chi connectivity index (χ1v) is 32.5. The van der Waals surface area contributed by atoms with Crippen LogP contribution in [0.3, 0.4) is 0 Å². The topological polar surface area (TPSA) is 66.1 Å². The quantitative estimate of drug-likeness (QED) is 0.0446. The summed E-state index contributed by atoms with van der Waals surface area (Å²) >= 11 is 3.20. The summed E-state index contributed by atoms with van der Waals surface area (Å²) in [6, 6.07) is 68.0. The van der Waals surface area contributed by atoms with Gasteiger partial charge in [0.15, 0.2) is 13.2 Å². The van der Waals surface area contributed by atoms with E-state index in [2.05, 4.69) is 217 Å². The number of aromatic hydroxyl groups is 4. The molecule has 0 saturated carbocycles. The van der Waals surface area contributed by atoms with Crippen molar-refractivity contribution in [1.82, 2.24) is 0 Å².